The number of hydrazone groups is 1. The Morgan fingerprint density at radius 2 is 2.05 bits per heavy atom. The van der Waals surface area contributed by atoms with E-state index in [-0.39, 0.29) is 5.71 Å². The van der Waals surface area contributed by atoms with Gasteiger partial charge in [-0.3, -0.25) is 10.2 Å². The Morgan fingerprint density at radius 1 is 1.37 bits per heavy atom. The van der Waals surface area contributed by atoms with Gasteiger partial charge in [0.05, 0.1) is 12.3 Å². The largest absolute Gasteiger partial charge is 0.494 e. The number of hydrogen-bond acceptors (Lipinski definition) is 5. The summed E-state index contributed by atoms with van der Waals surface area (Å²) in [7, 11) is 0. The normalized spacial score (nSPS) is 10.5. The fourth-order valence-corrected chi connectivity index (χ4v) is 1.28. The van der Waals surface area contributed by atoms with E-state index in [9.17, 15) is 4.79 Å². The smallest absolute Gasteiger partial charge is 0.282 e. The molecule has 1 aromatic rings. The Balaban J connectivity index is 2.68. The zero-order valence-electron chi connectivity index (χ0n) is 10.9. The van der Waals surface area contributed by atoms with Gasteiger partial charge in [-0.15, -0.1) is 0 Å². The van der Waals surface area contributed by atoms with E-state index in [0.717, 1.165) is 5.75 Å². The van der Waals surface area contributed by atoms with E-state index in [0.29, 0.717) is 18.8 Å². The summed E-state index contributed by atoms with van der Waals surface area (Å²) in [4.78, 5) is 11.4. The van der Waals surface area contributed by atoms with E-state index in [2.05, 4.69) is 15.8 Å². The fraction of sp³-hybridized carbons (Fsp3) is 0.308. The maximum Gasteiger partial charge on any atom is 0.282 e. The van der Waals surface area contributed by atoms with Crippen molar-refractivity contribution in [1.29, 1.82) is 5.26 Å². The van der Waals surface area contributed by atoms with Crippen LogP contribution in [0.5, 0.6) is 5.75 Å². The zero-order valence-corrected chi connectivity index (χ0v) is 10.9. The number of benzene rings is 1. The number of nitrogens with one attached hydrogen (secondary N) is 2. The molecule has 0 bridgehead atoms. The van der Waals surface area contributed by atoms with Gasteiger partial charge in [0, 0.05) is 6.54 Å². The molecule has 1 amide bonds. The topological polar surface area (TPSA) is 86.5 Å². The van der Waals surface area contributed by atoms with Crippen LogP contribution in [0.3, 0.4) is 0 Å². The molecule has 100 valence electrons. The predicted molar refractivity (Wildman–Crippen MR) is 73.0 cm³/mol. The second-order valence-corrected chi connectivity index (χ2v) is 3.50. The van der Waals surface area contributed by atoms with Gasteiger partial charge in [0.2, 0.25) is 5.71 Å². The van der Waals surface area contributed by atoms with Gasteiger partial charge in [0.1, 0.15) is 11.8 Å². The van der Waals surface area contributed by atoms with Gasteiger partial charge < -0.3 is 10.1 Å². The molecule has 0 saturated carbocycles. The maximum absolute atomic E-state index is 11.4. The van der Waals surface area contributed by atoms with E-state index in [4.69, 9.17) is 10.00 Å². The van der Waals surface area contributed by atoms with Crippen molar-refractivity contribution in [1.82, 2.24) is 5.32 Å². The molecule has 6 heteroatoms. The molecule has 0 heterocycles. The SMILES string of the molecule is CCNC(=O)C(C#N)=NNc1ccc(OCC)cc1. The molecule has 19 heavy (non-hydrogen) atoms. The highest BCUT2D eigenvalue weighted by Gasteiger charge is 2.08. The van der Waals surface area contributed by atoms with Crippen LogP contribution in [0.4, 0.5) is 5.69 Å². The van der Waals surface area contributed by atoms with Gasteiger partial charge in [-0.1, -0.05) is 0 Å². The van der Waals surface area contributed by atoms with Crippen molar-refractivity contribution >= 4 is 17.3 Å². The van der Waals surface area contributed by atoms with Gasteiger partial charge in [0.15, 0.2) is 0 Å². The molecule has 1 rings (SSSR count). The molecule has 0 aliphatic heterocycles. The summed E-state index contributed by atoms with van der Waals surface area (Å²) >= 11 is 0. The summed E-state index contributed by atoms with van der Waals surface area (Å²) < 4.78 is 5.30. The maximum atomic E-state index is 11.4. The van der Waals surface area contributed by atoms with E-state index < -0.39 is 5.91 Å². The highest BCUT2D eigenvalue weighted by atomic mass is 16.5. The highest BCUT2D eigenvalue weighted by Crippen LogP contribution is 2.15. The highest BCUT2D eigenvalue weighted by molar-refractivity contribution is 6.45. The third-order valence-electron chi connectivity index (χ3n) is 2.12. The van der Waals surface area contributed by atoms with Crippen LogP contribution in [-0.4, -0.2) is 24.8 Å². The van der Waals surface area contributed by atoms with Gasteiger partial charge in [-0.05, 0) is 38.1 Å². The Hall–Kier alpha value is -2.55. The van der Waals surface area contributed by atoms with Gasteiger partial charge in [-0.2, -0.15) is 10.4 Å². The first-order chi connectivity index (χ1) is 9.21. The van der Waals surface area contributed by atoms with E-state index in [1.807, 2.05) is 6.92 Å². The summed E-state index contributed by atoms with van der Waals surface area (Å²) in [5.74, 6) is 0.254. The Bertz CT molecular complexity index is 488. The Kier molecular flexibility index (Phi) is 5.89. The van der Waals surface area contributed by atoms with Crippen molar-refractivity contribution in [2.24, 2.45) is 5.10 Å². The standard InChI is InChI=1S/C13H16N4O2/c1-3-15-13(18)12(9-14)17-16-10-5-7-11(8-6-10)19-4-2/h5-8,16H,3-4H2,1-2H3,(H,15,18). The number of nitriles is 1. The molecule has 1 aromatic carbocycles. The number of ether oxygens (including phenoxy) is 1. The second-order valence-electron chi connectivity index (χ2n) is 3.50. The van der Waals surface area contributed by atoms with Crippen molar-refractivity contribution in [3.8, 4) is 11.8 Å². The van der Waals surface area contributed by atoms with Crippen molar-refractivity contribution in [2.75, 3.05) is 18.6 Å². The first-order valence-corrected chi connectivity index (χ1v) is 5.96. The average Bonchev–Trinajstić information content (AvgIpc) is 2.42. The van der Waals surface area contributed by atoms with Crippen LogP contribution in [0.1, 0.15) is 13.8 Å². The lowest BCUT2D eigenvalue weighted by Crippen LogP contribution is -2.30. The third-order valence-corrected chi connectivity index (χ3v) is 2.12. The molecule has 0 spiro atoms. The molecule has 0 fully saturated rings. The van der Waals surface area contributed by atoms with Crippen molar-refractivity contribution in [2.45, 2.75) is 13.8 Å². The van der Waals surface area contributed by atoms with E-state index in [1.165, 1.54) is 0 Å². The fourth-order valence-electron chi connectivity index (χ4n) is 1.28. The number of anilines is 1. The third kappa shape index (κ3) is 4.68. The van der Waals surface area contributed by atoms with Gasteiger partial charge >= 0.3 is 0 Å². The molecule has 0 radical (unpaired) electrons. The molecule has 2 N–H and O–H groups in total. The Morgan fingerprint density at radius 3 is 2.58 bits per heavy atom. The minimum Gasteiger partial charge on any atom is -0.494 e. The van der Waals surface area contributed by atoms with Gasteiger partial charge in [-0.25, -0.2) is 0 Å². The number of carbonyl (C=O) groups excluding carboxylic acids is 1. The summed E-state index contributed by atoms with van der Waals surface area (Å²) in [6.07, 6.45) is 0. The lowest BCUT2D eigenvalue weighted by molar-refractivity contribution is -0.114. The van der Waals surface area contributed by atoms with Crippen LogP contribution in [-0.2, 0) is 4.79 Å². The Labute approximate surface area is 112 Å². The zero-order chi connectivity index (χ0) is 14.1. The minimum atomic E-state index is -0.497. The first-order valence-electron chi connectivity index (χ1n) is 5.96. The molecular weight excluding hydrogens is 244 g/mol. The van der Waals surface area contributed by atoms with Crippen LogP contribution in [0.2, 0.25) is 0 Å². The average molecular weight is 260 g/mol. The van der Waals surface area contributed by atoms with Crippen molar-refractivity contribution in [3.63, 3.8) is 0 Å². The molecule has 0 saturated heterocycles. The first kappa shape index (κ1) is 14.5. The van der Waals surface area contributed by atoms with Crippen molar-refractivity contribution < 1.29 is 9.53 Å². The van der Waals surface area contributed by atoms with E-state index >= 15 is 0 Å². The quantitative estimate of drug-likeness (QED) is 0.599. The molecular formula is C13H16N4O2. The number of rotatable bonds is 6. The van der Waals surface area contributed by atoms with Crippen LogP contribution in [0.15, 0.2) is 29.4 Å². The minimum absolute atomic E-state index is 0.212. The van der Waals surface area contributed by atoms with Crippen LogP contribution in [0.25, 0.3) is 0 Å². The second kappa shape index (κ2) is 7.71. The molecule has 0 unspecified atom stereocenters. The lowest BCUT2D eigenvalue weighted by Gasteiger charge is -2.05. The summed E-state index contributed by atoms with van der Waals surface area (Å²) in [5, 5.41) is 15.1. The van der Waals surface area contributed by atoms with Gasteiger partial charge in [0.25, 0.3) is 5.91 Å². The number of amides is 1. The monoisotopic (exact) mass is 260 g/mol. The lowest BCUT2D eigenvalue weighted by atomic mass is 10.3. The van der Waals surface area contributed by atoms with Crippen molar-refractivity contribution in [3.05, 3.63) is 24.3 Å². The van der Waals surface area contributed by atoms with Crippen LogP contribution >= 0.6 is 0 Å². The predicted octanol–water partition coefficient (Wildman–Crippen LogP) is 1.51. The van der Waals surface area contributed by atoms with Crippen LogP contribution in [0, 0.1) is 11.3 Å². The number of nitrogens with zero attached hydrogens (tertiary/aromatic N) is 2. The number of hydrogen-bond donors (Lipinski definition) is 2. The summed E-state index contributed by atoms with van der Waals surface area (Å²) in [5.41, 5.74) is 3.11. The number of carbonyl (C=O) groups is 1. The molecule has 0 aliphatic carbocycles. The summed E-state index contributed by atoms with van der Waals surface area (Å²) in [6.45, 7) is 4.72. The van der Waals surface area contributed by atoms with Crippen LogP contribution < -0.4 is 15.5 Å². The molecule has 0 atom stereocenters. The molecule has 0 aromatic heterocycles. The summed E-state index contributed by atoms with van der Waals surface area (Å²) in [6, 6.07) is 8.80. The van der Waals surface area contributed by atoms with E-state index in [1.54, 1.807) is 37.3 Å². The molecule has 0 aliphatic rings. The molecule has 6 nitrogen and oxygen atoms in total.